The van der Waals surface area contributed by atoms with Crippen molar-refractivity contribution in [2.75, 3.05) is 0 Å². The van der Waals surface area contributed by atoms with Crippen molar-refractivity contribution in [2.45, 2.75) is 45.1 Å². The van der Waals surface area contributed by atoms with E-state index in [9.17, 15) is 0 Å². The van der Waals surface area contributed by atoms with Crippen LogP contribution in [0.5, 0.6) is 0 Å². The molecule has 0 aromatic carbocycles. The van der Waals surface area contributed by atoms with Crippen molar-refractivity contribution in [3.8, 4) is 11.8 Å². The number of rotatable bonds is 2. The summed E-state index contributed by atoms with van der Waals surface area (Å²) in [6, 6.07) is 0.338. The summed E-state index contributed by atoms with van der Waals surface area (Å²) in [4.78, 5) is 0. The van der Waals surface area contributed by atoms with Gasteiger partial charge in [-0.1, -0.05) is 12.8 Å². The molecule has 1 aliphatic rings. The van der Waals surface area contributed by atoms with E-state index in [0.29, 0.717) is 6.04 Å². The molecule has 0 spiro atoms. The molecule has 1 rings (SSSR count). The molecule has 2 N–H and O–H groups in total. The first-order chi connectivity index (χ1) is 5.34. The molecule has 0 aromatic heterocycles. The minimum atomic E-state index is 0.338. The lowest BCUT2D eigenvalue weighted by Gasteiger charge is -2.15. The van der Waals surface area contributed by atoms with Gasteiger partial charge in [-0.25, -0.2) is 0 Å². The second kappa shape index (κ2) is 4.41. The fourth-order valence-corrected chi connectivity index (χ4v) is 1.77. The van der Waals surface area contributed by atoms with Crippen molar-refractivity contribution >= 4 is 0 Å². The summed E-state index contributed by atoms with van der Waals surface area (Å²) >= 11 is 0. The zero-order chi connectivity index (χ0) is 8.10. The molecule has 0 aliphatic heterocycles. The summed E-state index contributed by atoms with van der Waals surface area (Å²) in [5.41, 5.74) is 5.96. The molecule has 0 amide bonds. The first-order valence-electron chi connectivity index (χ1n) is 4.49. The highest BCUT2D eigenvalue weighted by Crippen LogP contribution is 2.27. The van der Waals surface area contributed by atoms with Crippen molar-refractivity contribution in [1.82, 2.24) is 0 Å². The van der Waals surface area contributed by atoms with Crippen LogP contribution in [0.4, 0.5) is 0 Å². The Bertz CT molecular complexity index is 157. The predicted octanol–water partition coefficient (Wildman–Crippen LogP) is 1.92. The van der Waals surface area contributed by atoms with Gasteiger partial charge in [-0.05, 0) is 25.7 Å². The lowest BCUT2D eigenvalue weighted by molar-refractivity contribution is 0.438. The van der Waals surface area contributed by atoms with Crippen molar-refractivity contribution < 1.29 is 0 Å². The maximum Gasteiger partial charge on any atom is 0.0243 e. The highest BCUT2D eigenvalue weighted by molar-refractivity contribution is 4.99. The van der Waals surface area contributed by atoms with E-state index in [1.165, 1.54) is 25.7 Å². The van der Waals surface area contributed by atoms with Gasteiger partial charge in [0.1, 0.15) is 0 Å². The first kappa shape index (κ1) is 8.62. The standard InChI is InChI=1S/C10H17N/c1-2-3-8-10(11)9-6-4-5-7-9/h9-10H,4-8,11H2,1H3. The topological polar surface area (TPSA) is 26.0 Å². The van der Waals surface area contributed by atoms with Gasteiger partial charge in [-0.3, -0.25) is 0 Å². The van der Waals surface area contributed by atoms with Crippen LogP contribution in [0, 0.1) is 17.8 Å². The third-order valence-corrected chi connectivity index (χ3v) is 2.52. The lowest BCUT2D eigenvalue weighted by atomic mass is 9.97. The van der Waals surface area contributed by atoms with E-state index in [1.54, 1.807) is 0 Å². The Kier molecular flexibility index (Phi) is 3.45. The van der Waals surface area contributed by atoms with Crippen LogP contribution in [0.1, 0.15) is 39.0 Å². The molecular weight excluding hydrogens is 134 g/mol. The summed E-state index contributed by atoms with van der Waals surface area (Å²) in [5, 5.41) is 0. The fraction of sp³-hybridized carbons (Fsp3) is 0.800. The summed E-state index contributed by atoms with van der Waals surface area (Å²) in [7, 11) is 0. The Morgan fingerprint density at radius 1 is 1.45 bits per heavy atom. The molecule has 0 bridgehead atoms. The zero-order valence-electron chi connectivity index (χ0n) is 7.27. The summed E-state index contributed by atoms with van der Waals surface area (Å²) < 4.78 is 0. The smallest absolute Gasteiger partial charge is 0.0243 e. The Balaban J connectivity index is 2.26. The molecule has 0 aromatic rings. The molecule has 1 nitrogen and oxygen atoms in total. The van der Waals surface area contributed by atoms with Gasteiger partial charge in [-0.15, -0.1) is 11.8 Å². The highest BCUT2D eigenvalue weighted by Gasteiger charge is 2.20. The second-order valence-electron chi connectivity index (χ2n) is 3.34. The van der Waals surface area contributed by atoms with Gasteiger partial charge >= 0.3 is 0 Å². The third kappa shape index (κ3) is 2.55. The monoisotopic (exact) mass is 151 g/mol. The minimum Gasteiger partial charge on any atom is -0.327 e. The second-order valence-corrected chi connectivity index (χ2v) is 3.34. The molecule has 1 saturated carbocycles. The number of hydrogen-bond donors (Lipinski definition) is 1. The molecule has 0 heterocycles. The van der Waals surface area contributed by atoms with E-state index in [2.05, 4.69) is 11.8 Å². The Morgan fingerprint density at radius 3 is 2.64 bits per heavy atom. The molecule has 1 unspecified atom stereocenters. The van der Waals surface area contributed by atoms with Crippen LogP contribution in [-0.2, 0) is 0 Å². The maximum absolute atomic E-state index is 5.96. The quantitative estimate of drug-likeness (QED) is 0.599. The van der Waals surface area contributed by atoms with E-state index < -0.39 is 0 Å². The molecular formula is C10H17N. The van der Waals surface area contributed by atoms with Crippen LogP contribution in [0.2, 0.25) is 0 Å². The largest absolute Gasteiger partial charge is 0.327 e. The lowest BCUT2D eigenvalue weighted by Crippen LogP contribution is -2.27. The van der Waals surface area contributed by atoms with E-state index in [4.69, 9.17) is 5.73 Å². The van der Waals surface area contributed by atoms with Crippen molar-refractivity contribution in [1.29, 1.82) is 0 Å². The maximum atomic E-state index is 5.96. The fourth-order valence-electron chi connectivity index (χ4n) is 1.77. The number of hydrogen-bond acceptors (Lipinski definition) is 1. The summed E-state index contributed by atoms with van der Waals surface area (Å²) in [6.07, 6.45) is 6.29. The Labute approximate surface area is 69.4 Å². The van der Waals surface area contributed by atoms with E-state index >= 15 is 0 Å². The third-order valence-electron chi connectivity index (χ3n) is 2.52. The molecule has 0 saturated heterocycles. The Hall–Kier alpha value is -0.480. The normalized spacial score (nSPS) is 20.9. The van der Waals surface area contributed by atoms with Crippen molar-refractivity contribution in [3.63, 3.8) is 0 Å². The summed E-state index contributed by atoms with van der Waals surface area (Å²) in [6.45, 7) is 1.88. The average molecular weight is 151 g/mol. The van der Waals surface area contributed by atoms with Gasteiger partial charge in [0, 0.05) is 12.5 Å². The van der Waals surface area contributed by atoms with E-state index in [-0.39, 0.29) is 0 Å². The van der Waals surface area contributed by atoms with Crippen molar-refractivity contribution in [3.05, 3.63) is 0 Å². The number of nitrogens with two attached hydrogens (primary N) is 1. The molecule has 62 valence electrons. The molecule has 1 fully saturated rings. The minimum absolute atomic E-state index is 0.338. The molecule has 1 aliphatic carbocycles. The van der Waals surface area contributed by atoms with Crippen LogP contribution in [0.15, 0.2) is 0 Å². The van der Waals surface area contributed by atoms with Gasteiger partial charge in [-0.2, -0.15) is 0 Å². The summed E-state index contributed by atoms with van der Waals surface area (Å²) in [5.74, 6) is 6.70. The average Bonchev–Trinajstić information content (AvgIpc) is 2.52. The SMILES string of the molecule is CC#CCC(N)C1CCCC1. The van der Waals surface area contributed by atoms with Crippen LogP contribution in [0.25, 0.3) is 0 Å². The predicted molar refractivity (Wildman–Crippen MR) is 48.0 cm³/mol. The van der Waals surface area contributed by atoms with Gasteiger partial charge in [0.2, 0.25) is 0 Å². The van der Waals surface area contributed by atoms with Gasteiger partial charge in [0.15, 0.2) is 0 Å². The molecule has 0 radical (unpaired) electrons. The van der Waals surface area contributed by atoms with Crippen LogP contribution in [-0.4, -0.2) is 6.04 Å². The van der Waals surface area contributed by atoms with Crippen LogP contribution < -0.4 is 5.73 Å². The molecule has 1 atom stereocenters. The first-order valence-corrected chi connectivity index (χ1v) is 4.49. The molecule has 11 heavy (non-hydrogen) atoms. The van der Waals surface area contributed by atoms with Gasteiger partial charge < -0.3 is 5.73 Å². The highest BCUT2D eigenvalue weighted by atomic mass is 14.6. The van der Waals surface area contributed by atoms with Gasteiger partial charge in [0.25, 0.3) is 0 Å². The zero-order valence-corrected chi connectivity index (χ0v) is 7.27. The van der Waals surface area contributed by atoms with Crippen LogP contribution in [0.3, 0.4) is 0 Å². The van der Waals surface area contributed by atoms with E-state index in [1.807, 2.05) is 6.92 Å². The van der Waals surface area contributed by atoms with E-state index in [0.717, 1.165) is 12.3 Å². The molecule has 1 heteroatoms. The van der Waals surface area contributed by atoms with Crippen molar-refractivity contribution in [2.24, 2.45) is 11.7 Å². The van der Waals surface area contributed by atoms with Crippen LogP contribution >= 0.6 is 0 Å². The van der Waals surface area contributed by atoms with Gasteiger partial charge in [0.05, 0.1) is 0 Å². The Morgan fingerprint density at radius 2 is 2.09 bits per heavy atom.